The molecule has 3 N–H and O–H groups in total. The Kier molecular flexibility index (Phi) is 2.91. The predicted octanol–water partition coefficient (Wildman–Crippen LogP) is 1.78. The Morgan fingerprint density at radius 1 is 1.24 bits per heavy atom. The lowest BCUT2D eigenvalue weighted by Crippen LogP contribution is -2.11. The molecule has 5 heteroatoms. The smallest absolute Gasteiger partial charge is 0.379 e. The van der Waals surface area contributed by atoms with Crippen LogP contribution in [0.25, 0.3) is 0 Å². The summed E-state index contributed by atoms with van der Waals surface area (Å²) < 4.78 is 9.95. The lowest BCUT2D eigenvalue weighted by Gasteiger charge is -2.03. The molecule has 86 valence electrons. The van der Waals surface area contributed by atoms with Crippen LogP contribution >= 0.6 is 0 Å². The summed E-state index contributed by atoms with van der Waals surface area (Å²) in [5.41, 5.74) is 5.87. The van der Waals surface area contributed by atoms with Crippen LogP contribution in [0.1, 0.15) is 16.1 Å². The first kappa shape index (κ1) is 10.9. The van der Waals surface area contributed by atoms with Gasteiger partial charge in [0.25, 0.3) is 0 Å². The van der Waals surface area contributed by atoms with E-state index in [1.165, 1.54) is 12.3 Å². The number of benzene rings is 1. The minimum absolute atomic E-state index is 0.0334. The van der Waals surface area contributed by atoms with Gasteiger partial charge in [-0.3, -0.25) is 5.41 Å². The van der Waals surface area contributed by atoms with Crippen LogP contribution in [-0.4, -0.2) is 11.8 Å². The highest BCUT2D eigenvalue weighted by atomic mass is 16.5. The summed E-state index contributed by atoms with van der Waals surface area (Å²) in [6.07, 6.45) is 1.40. The fourth-order valence-corrected chi connectivity index (χ4v) is 1.25. The van der Waals surface area contributed by atoms with Crippen LogP contribution < -0.4 is 10.5 Å². The minimum Gasteiger partial charge on any atom is -0.457 e. The zero-order chi connectivity index (χ0) is 12.3. The van der Waals surface area contributed by atoms with Crippen LogP contribution in [0.3, 0.4) is 0 Å². The van der Waals surface area contributed by atoms with Crippen molar-refractivity contribution in [3.8, 4) is 5.75 Å². The van der Waals surface area contributed by atoms with E-state index in [1.807, 2.05) is 0 Å². The van der Waals surface area contributed by atoms with Crippen molar-refractivity contribution in [1.29, 1.82) is 5.41 Å². The molecule has 0 bridgehead atoms. The first-order chi connectivity index (χ1) is 8.16. The SMILES string of the molecule is N=C(N)c1ccc(OC(=O)c2ccco2)cc1. The van der Waals surface area contributed by atoms with Gasteiger partial charge in [-0.2, -0.15) is 0 Å². The van der Waals surface area contributed by atoms with Crippen LogP contribution in [-0.2, 0) is 0 Å². The second kappa shape index (κ2) is 4.52. The van der Waals surface area contributed by atoms with Crippen molar-refractivity contribution < 1.29 is 13.9 Å². The topological polar surface area (TPSA) is 89.3 Å². The van der Waals surface area contributed by atoms with E-state index in [0.29, 0.717) is 11.3 Å². The van der Waals surface area contributed by atoms with Gasteiger partial charge in [-0.1, -0.05) is 0 Å². The number of hydrogen-bond donors (Lipinski definition) is 2. The maximum absolute atomic E-state index is 11.5. The molecule has 0 unspecified atom stereocenters. The van der Waals surface area contributed by atoms with E-state index in [0.717, 1.165) is 0 Å². The number of ether oxygens (including phenoxy) is 1. The van der Waals surface area contributed by atoms with Crippen molar-refractivity contribution in [2.24, 2.45) is 5.73 Å². The van der Waals surface area contributed by atoms with Gasteiger partial charge in [-0.15, -0.1) is 0 Å². The van der Waals surface area contributed by atoms with Crippen molar-refractivity contribution in [2.45, 2.75) is 0 Å². The van der Waals surface area contributed by atoms with E-state index < -0.39 is 5.97 Å². The van der Waals surface area contributed by atoms with Gasteiger partial charge in [-0.25, -0.2) is 4.79 Å². The highest BCUT2D eigenvalue weighted by Gasteiger charge is 2.11. The monoisotopic (exact) mass is 230 g/mol. The molecule has 0 radical (unpaired) electrons. The summed E-state index contributed by atoms with van der Waals surface area (Å²) in [5.74, 6) is -0.0865. The first-order valence-electron chi connectivity index (χ1n) is 4.87. The van der Waals surface area contributed by atoms with Crippen LogP contribution in [0, 0.1) is 5.41 Å². The molecule has 0 saturated carbocycles. The molecule has 1 heterocycles. The highest BCUT2D eigenvalue weighted by molar-refractivity contribution is 5.95. The molecule has 0 amide bonds. The van der Waals surface area contributed by atoms with Crippen molar-refractivity contribution in [1.82, 2.24) is 0 Å². The Balaban J connectivity index is 2.09. The largest absolute Gasteiger partial charge is 0.457 e. The number of amidine groups is 1. The number of nitrogens with two attached hydrogens (primary N) is 1. The summed E-state index contributed by atoms with van der Waals surface area (Å²) in [6, 6.07) is 9.47. The molecular formula is C12H10N2O3. The van der Waals surface area contributed by atoms with Crippen LogP contribution in [0.5, 0.6) is 5.75 Å². The van der Waals surface area contributed by atoms with E-state index in [4.69, 9.17) is 20.3 Å². The number of rotatable bonds is 3. The number of carbonyl (C=O) groups is 1. The third-order valence-corrected chi connectivity index (χ3v) is 2.10. The molecule has 1 aromatic heterocycles. The van der Waals surface area contributed by atoms with Crippen molar-refractivity contribution in [2.75, 3.05) is 0 Å². The van der Waals surface area contributed by atoms with E-state index in [9.17, 15) is 4.79 Å². The number of carbonyl (C=O) groups excluding carboxylic acids is 1. The molecule has 0 spiro atoms. The zero-order valence-corrected chi connectivity index (χ0v) is 8.84. The molecule has 0 aliphatic rings. The van der Waals surface area contributed by atoms with Gasteiger partial charge in [0.2, 0.25) is 5.76 Å². The molecule has 17 heavy (non-hydrogen) atoms. The Bertz CT molecular complexity index is 529. The molecule has 0 aliphatic heterocycles. The van der Waals surface area contributed by atoms with Crippen molar-refractivity contribution >= 4 is 11.8 Å². The average molecular weight is 230 g/mol. The van der Waals surface area contributed by atoms with E-state index in [-0.39, 0.29) is 11.6 Å². The second-order valence-corrected chi connectivity index (χ2v) is 3.30. The van der Waals surface area contributed by atoms with E-state index >= 15 is 0 Å². The number of nitrogens with one attached hydrogen (secondary N) is 1. The first-order valence-corrected chi connectivity index (χ1v) is 4.87. The standard InChI is InChI=1S/C12H10N2O3/c13-11(14)8-3-5-9(6-4-8)17-12(15)10-2-1-7-16-10/h1-7H,(H3,13,14). The molecule has 2 rings (SSSR count). The van der Waals surface area contributed by atoms with Crippen LogP contribution in [0.15, 0.2) is 47.1 Å². The van der Waals surface area contributed by atoms with Gasteiger partial charge in [0.05, 0.1) is 6.26 Å². The quantitative estimate of drug-likeness (QED) is 0.364. The molecule has 0 fully saturated rings. The Morgan fingerprint density at radius 2 is 1.94 bits per heavy atom. The fraction of sp³-hybridized carbons (Fsp3) is 0. The Labute approximate surface area is 97.3 Å². The third-order valence-electron chi connectivity index (χ3n) is 2.10. The van der Waals surface area contributed by atoms with Gasteiger partial charge in [0, 0.05) is 5.56 Å². The molecule has 0 atom stereocenters. The van der Waals surface area contributed by atoms with Crippen LogP contribution in [0.2, 0.25) is 0 Å². The zero-order valence-electron chi connectivity index (χ0n) is 8.84. The molecular weight excluding hydrogens is 220 g/mol. The van der Waals surface area contributed by atoms with Crippen molar-refractivity contribution in [3.05, 3.63) is 54.0 Å². The van der Waals surface area contributed by atoms with E-state index in [1.54, 1.807) is 30.3 Å². The average Bonchev–Trinajstić information content (AvgIpc) is 2.83. The van der Waals surface area contributed by atoms with Gasteiger partial charge in [0.1, 0.15) is 11.6 Å². The van der Waals surface area contributed by atoms with Crippen LogP contribution in [0.4, 0.5) is 0 Å². The Hall–Kier alpha value is -2.56. The third kappa shape index (κ3) is 2.52. The summed E-state index contributed by atoms with van der Waals surface area (Å²) in [4.78, 5) is 11.5. The number of esters is 1. The molecule has 2 aromatic rings. The van der Waals surface area contributed by atoms with Gasteiger partial charge < -0.3 is 14.9 Å². The van der Waals surface area contributed by atoms with Gasteiger partial charge in [0.15, 0.2) is 0 Å². The molecule has 0 aliphatic carbocycles. The fourth-order valence-electron chi connectivity index (χ4n) is 1.25. The normalized spacial score (nSPS) is 9.88. The van der Waals surface area contributed by atoms with Crippen molar-refractivity contribution in [3.63, 3.8) is 0 Å². The molecule has 1 aromatic carbocycles. The summed E-state index contributed by atoms with van der Waals surface area (Å²) in [6.45, 7) is 0. The number of hydrogen-bond acceptors (Lipinski definition) is 4. The maximum atomic E-state index is 11.5. The summed E-state index contributed by atoms with van der Waals surface area (Å²) in [5, 5.41) is 7.22. The number of furan rings is 1. The Morgan fingerprint density at radius 3 is 2.47 bits per heavy atom. The van der Waals surface area contributed by atoms with Gasteiger partial charge in [-0.05, 0) is 36.4 Å². The van der Waals surface area contributed by atoms with E-state index in [2.05, 4.69) is 0 Å². The second-order valence-electron chi connectivity index (χ2n) is 3.30. The lowest BCUT2D eigenvalue weighted by molar-refractivity contribution is 0.0701. The highest BCUT2D eigenvalue weighted by Crippen LogP contribution is 2.14. The summed E-state index contributed by atoms with van der Waals surface area (Å²) in [7, 11) is 0. The molecule has 0 saturated heterocycles. The minimum atomic E-state index is -0.564. The maximum Gasteiger partial charge on any atom is 0.379 e. The molecule has 5 nitrogen and oxygen atoms in total. The lowest BCUT2D eigenvalue weighted by atomic mass is 10.2. The predicted molar refractivity (Wildman–Crippen MR) is 61.1 cm³/mol. The van der Waals surface area contributed by atoms with Gasteiger partial charge >= 0.3 is 5.97 Å². The summed E-state index contributed by atoms with van der Waals surface area (Å²) >= 11 is 0. The number of nitrogen functional groups attached to an aromatic ring is 1.